The number of rotatable bonds is 14. The lowest BCUT2D eigenvalue weighted by atomic mass is 9.85. The van der Waals surface area contributed by atoms with Crippen LogP contribution in [0.3, 0.4) is 0 Å². The van der Waals surface area contributed by atoms with Crippen LogP contribution in [0.15, 0.2) is 36.4 Å². The maximum atomic E-state index is 3.81. The quantitative estimate of drug-likeness (QED) is 0.285. The van der Waals surface area contributed by atoms with E-state index >= 15 is 0 Å². The van der Waals surface area contributed by atoms with Crippen molar-refractivity contribution in [2.45, 2.75) is 120 Å². The number of nitrogens with one attached hydrogen (secondary N) is 1. The zero-order chi connectivity index (χ0) is 26.1. The van der Waals surface area contributed by atoms with Gasteiger partial charge in [-0.25, -0.2) is 0 Å². The molecule has 0 amide bonds. The first-order valence-corrected chi connectivity index (χ1v) is 14.6. The van der Waals surface area contributed by atoms with E-state index in [1.807, 2.05) is 0 Å². The minimum Gasteiger partial charge on any atom is -0.355 e. The predicted octanol–water partition coefficient (Wildman–Crippen LogP) is 10.9. The molecule has 2 rings (SSSR count). The second kappa shape index (κ2) is 14.1. The van der Waals surface area contributed by atoms with Crippen molar-refractivity contribution in [3.05, 3.63) is 58.7 Å². The third-order valence-electron chi connectivity index (χ3n) is 7.69. The summed E-state index contributed by atoms with van der Waals surface area (Å²) in [5.74, 6) is 4.31. The molecule has 0 saturated carbocycles. The van der Waals surface area contributed by atoms with Crippen molar-refractivity contribution < 1.29 is 0 Å². The van der Waals surface area contributed by atoms with Gasteiger partial charge in [0.15, 0.2) is 0 Å². The topological polar surface area (TPSA) is 12.0 Å². The summed E-state index contributed by atoms with van der Waals surface area (Å²) in [5.41, 5.74) is 8.34. The first-order chi connectivity index (χ1) is 16.5. The first-order valence-electron chi connectivity index (χ1n) is 14.6. The van der Waals surface area contributed by atoms with Crippen LogP contribution in [0, 0.1) is 23.7 Å². The molecule has 1 N–H and O–H groups in total. The molecule has 1 heteroatoms. The van der Waals surface area contributed by atoms with Gasteiger partial charge in [0.25, 0.3) is 0 Å². The van der Waals surface area contributed by atoms with E-state index < -0.39 is 0 Å². The fourth-order valence-corrected chi connectivity index (χ4v) is 6.10. The molecule has 0 heterocycles. The number of benzene rings is 2. The lowest BCUT2D eigenvalue weighted by Gasteiger charge is -2.22. The smallest absolute Gasteiger partial charge is 0.0416 e. The number of hydrogen-bond acceptors (Lipinski definition) is 1. The Morgan fingerprint density at radius 3 is 1.23 bits per heavy atom. The molecule has 0 bridgehead atoms. The van der Waals surface area contributed by atoms with E-state index in [9.17, 15) is 0 Å². The zero-order valence-corrected chi connectivity index (χ0v) is 24.7. The average molecular weight is 478 g/mol. The van der Waals surface area contributed by atoms with Crippen LogP contribution in [-0.2, 0) is 12.8 Å². The van der Waals surface area contributed by atoms with Crippen molar-refractivity contribution in [1.82, 2.24) is 0 Å². The Morgan fingerprint density at radius 1 is 0.543 bits per heavy atom. The summed E-state index contributed by atoms with van der Waals surface area (Å²) in [4.78, 5) is 0. The van der Waals surface area contributed by atoms with Gasteiger partial charge in [-0.2, -0.15) is 0 Å². The lowest BCUT2D eigenvalue weighted by Crippen LogP contribution is -2.07. The van der Waals surface area contributed by atoms with Crippen LogP contribution in [0.5, 0.6) is 0 Å². The van der Waals surface area contributed by atoms with Crippen molar-refractivity contribution in [2.24, 2.45) is 23.7 Å². The van der Waals surface area contributed by atoms with Gasteiger partial charge in [-0.15, -0.1) is 0 Å². The monoisotopic (exact) mass is 477 g/mol. The molecule has 0 fully saturated rings. The zero-order valence-electron chi connectivity index (χ0n) is 24.7. The highest BCUT2D eigenvalue weighted by Crippen LogP contribution is 2.33. The summed E-state index contributed by atoms with van der Waals surface area (Å²) in [6.45, 7) is 23.5. The van der Waals surface area contributed by atoms with E-state index in [0.29, 0.717) is 11.8 Å². The van der Waals surface area contributed by atoms with Crippen LogP contribution in [-0.4, -0.2) is 0 Å². The summed E-state index contributed by atoms with van der Waals surface area (Å²) in [5, 5.41) is 3.81. The molecular weight excluding hydrogens is 422 g/mol. The molecule has 4 atom stereocenters. The SMILES string of the molecule is CCc1cc(C(C)CC(C)CC(C)C)ccc1Nc1ccc(C(C)CC(C)CC(C)C)cc1CC. The molecule has 0 spiro atoms. The molecule has 35 heavy (non-hydrogen) atoms. The van der Waals surface area contributed by atoms with Crippen molar-refractivity contribution in [3.63, 3.8) is 0 Å². The van der Waals surface area contributed by atoms with E-state index in [4.69, 9.17) is 0 Å². The maximum Gasteiger partial charge on any atom is 0.0416 e. The Balaban J connectivity index is 2.16. The van der Waals surface area contributed by atoms with E-state index in [1.165, 1.54) is 59.3 Å². The Bertz CT molecular complexity index is 820. The molecule has 2 aromatic carbocycles. The average Bonchev–Trinajstić information content (AvgIpc) is 2.78. The standard InChI is InChI=1S/C34H55N/c1-11-29-21-31(27(9)19-25(7)17-23(3)4)13-15-33(29)35-34-16-14-32(22-30(34)12-2)28(10)20-26(8)18-24(5)6/h13-16,21-28,35H,11-12,17-20H2,1-10H3. The summed E-state index contributed by atoms with van der Waals surface area (Å²) in [6.07, 6.45) is 7.27. The molecule has 0 radical (unpaired) electrons. The summed E-state index contributed by atoms with van der Waals surface area (Å²) in [6, 6.07) is 14.3. The van der Waals surface area contributed by atoms with E-state index in [0.717, 1.165) is 36.5 Å². The van der Waals surface area contributed by atoms with Gasteiger partial charge in [-0.1, -0.05) is 93.5 Å². The Labute approximate surface area is 218 Å². The molecule has 0 aliphatic heterocycles. The maximum absolute atomic E-state index is 3.81. The van der Waals surface area contributed by atoms with Gasteiger partial charge in [0.2, 0.25) is 0 Å². The van der Waals surface area contributed by atoms with Gasteiger partial charge in [0.05, 0.1) is 0 Å². The van der Waals surface area contributed by atoms with E-state index in [2.05, 4.69) is 111 Å². The summed E-state index contributed by atoms with van der Waals surface area (Å²) >= 11 is 0. The molecule has 0 saturated heterocycles. The van der Waals surface area contributed by atoms with Crippen molar-refractivity contribution in [1.29, 1.82) is 0 Å². The summed E-state index contributed by atoms with van der Waals surface area (Å²) in [7, 11) is 0. The third kappa shape index (κ3) is 9.32. The number of aryl methyl sites for hydroxylation is 2. The Morgan fingerprint density at radius 2 is 0.914 bits per heavy atom. The van der Waals surface area contributed by atoms with E-state index in [-0.39, 0.29) is 0 Å². The van der Waals surface area contributed by atoms with Crippen LogP contribution in [0.4, 0.5) is 11.4 Å². The van der Waals surface area contributed by atoms with Crippen LogP contribution in [0.25, 0.3) is 0 Å². The van der Waals surface area contributed by atoms with Crippen LogP contribution >= 0.6 is 0 Å². The third-order valence-corrected chi connectivity index (χ3v) is 7.69. The highest BCUT2D eigenvalue weighted by molar-refractivity contribution is 5.67. The van der Waals surface area contributed by atoms with Gasteiger partial charge < -0.3 is 5.32 Å². The van der Waals surface area contributed by atoms with Crippen molar-refractivity contribution >= 4 is 11.4 Å². The van der Waals surface area contributed by atoms with Gasteiger partial charge in [0, 0.05) is 11.4 Å². The molecule has 1 nitrogen and oxygen atoms in total. The Kier molecular flexibility index (Phi) is 11.9. The Hall–Kier alpha value is -1.76. The highest BCUT2D eigenvalue weighted by Gasteiger charge is 2.16. The first kappa shape index (κ1) is 29.5. The minimum atomic E-state index is 0.605. The second-order valence-corrected chi connectivity index (χ2v) is 12.4. The highest BCUT2D eigenvalue weighted by atomic mass is 14.9. The van der Waals surface area contributed by atoms with Crippen LogP contribution in [0.1, 0.15) is 129 Å². The fraction of sp³-hybridized carbons (Fsp3) is 0.647. The van der Waals surface area contributed by atoms with Gasteiger partial charge in [-0.05, 0) is 108 Å². The lowest BCUT2D eigenvalue weighted by molar-refractivity contribution is 0.392. The van der Waals surface area contributed by atoms with Crippen LogP contribution < -0.4 is 5.32 Å². The van der Waals surface area contributed by atoms with Gasteiger partial charge in [-0.3, -0.25) is 0 Å². The normalized spacial score (nSPS) is 15.3. The number of hydrogen-bond donors (Lipinski definition) is 1. The minimum absolute atomic E-state index is 0.605. The molecular formula is C34H55N. The van der Waals surface area contributed by atoms with Crippen molar-refractivity contribution in [2.75, 3.05) is 5.32 Å². The van der Waals surface area contributed by atoms with Gasteiger partial charge in [0.1, 0.15) is 0 Å². The predicted molar refractivity (Wildman–Crippen MR) is 158 cm³/mol. The molecule has 0 aliphatic rings. The van der Waals surface area contributed by atoms with E-state index in [1.54, 1.807) is 0 Å². The largest absolute Gasteiger partial charge is 0.355 e. The molecule has 4 unspecified atom stereocenters. The fourth-order valence-electron chi connectivity index (χ4n) is 6.10. The van der Waals surface area contributed by atoms with Crippen LogP contribution in [0.2, 0.25) is 0 Å². The molecule has 0 aliphatic carbocycles. The van der Waals surface area contributed by atoms with Crippen molar-refractivity contribution in [3.8, 4) is 0 Å². The second-order valence-electron chi connectivity index (χ2n) is 12.4. The molecule has 0 aromatic heterocycles. The van der Waals surface area contributed by atoms with Gasteiger partial charge >= 0.3 is 0 Å². The molecule has 196 valence electrons. The number of anilines is 2. The summed E-state index contributed by atoms with van der Waals surface area (Å²) < 4.78 is 0. The molecule has 2 aromatic rings.